The van der Waals surface area contributed by atoms with Crippen LogP contribution >= 0.6 is 27.5 Å². The number of hydrogen-bond donors (Lipinski definition) is 1. The first-order chi connectivity index (χ1) is 13.7. The zero-order valence-electron chi connectivity index (χ0n) is 16.7. The lowest BCUT2D eigenvalue weighted by Crippen LogP contribution is -2.14. The van der Waals surface area contributed by atoms with Crippen LogP contribution in [-0.4, -0.2) is 18.6 Å². The zero-order valence-corrected chi connectivity index (χ0v) is 19.0. The number of anilines is 1. The number of carbonyl (C=O) groups is 1. The van der Waals surface area contributed by atoms with Crippen molar-refractivity contribution in [3.63, 3.8) is 0 Å². The maximum Gasteiger partial charge on any atom is 0.266 e. The zero-order chi connectivity index (χ0) is 21.6. The van der Waals surface area contributed by atoms with Crippen LogP contribution in [0.3, 0.4) is 0 Å². The molecule has 2 aromatic carbocycles. The average Bonchev–Trinajstić information content (AvgIpc) is 2.65. The highest BCUT2D eigenvalue weighted by Crippen LogP contribution is 2.38. The topological polar surface area (TPSA) is 71.3 Å². The Morgan fingerprint density at radius 3 is 2.69 bits per heavy atom. The molecule has 2 aromatic rings. The number of ether oxygens (including phenoxy) is 2. The summed E-state index contributed by atoms with van der Waals surface area (Å²) in [6.45, 7) is 8.02. The summed E-state index contributed by atoms with van der Waals surface area (Å²) >= 11 is 9.48. The first kappa shape index (κ1) is 22.8. The van der Waals surface area contributed by atoms with E-state index in [2.05, 4.69) is 21.2 Å². The standard InChI is InChI=1S/C22H22BrClN2O3/c1-5-28-20-10-15(9-18(23)21(20)29-13(2)3)8-16(12-25)22(27)26-19-11-17(24)7-6-14(19)4/h6-11,13H,5H2,1-4H3,(H,26,27). The molecule has 0 spiro atoms. The summed E-state index contributed by atoms with van der Waals surface area (Å²) < 4.78 is 12.2. The Kier molecular flexibility index (Phi) is 8.12. The van der Waals surface area contributed by atoms with Crippen LogP contribution in [0.25, 0.3) is 6.08 Å². The molecule has 152 valence electrons. The minimum atomic E-state index is -0.519. The molecule has 0 radical (unpaired) electrons. The molecule has 0 bridgehead atoms. The fourth-order valence-electron chi connectivity index (χ4n) is 2.52. The first-order valence-electron chi connectivity index (χ1n) is 9.07. The van der Waals surface area contributed by atoms with Gasteiger partial charge in [-0.15, -0.1) is 0 Å². The van der Waals surface area contributed by atoms with Crippen molar-refractivity contribution in [2.45, 2.75) is 33.8 Å². The van der Waals surface area contributed by atoms with Crippen molar-refractivity contribution < 1.29 is 14.3 Å². The van der Waals surface area contributed by atoms with Gasteiger partial charge < -0.3 is 14.8 Å². The predicted octanol–water partition coefficient (Wildman–Crippen LogP) is 6.14. The second-order valence-corrected chi connectivity index (χ2v) is 7.80. The Balaban J connectivity index is 2.37. The number of rotatable bonds is 7. The number of benzene rings is 2. The lowest BCUT2D eigenvalue weighted by molar-refractivity contribution is -0.112. The first-order valence-corrected chi connectivity index (χ1v) is 10.2. The van der Waals surface area contributed by atoms with Gasteiger partial charge in [-0.05, 0) is 85.1 Å². The van der Waals surface area contributed by atoms with Gasteiger partial charge in [0.1, 0.15) is 11.6 Å². The summed E-state index contributed by atoms with van der Waals surface area (Å²) in [6.07, 6.45) is 1.47. The van der Waals surface area contributed by atoms with E-state index in [0.717, 1.165) is 5.56 Å². The van der Waals surface area contributed by atoms with Crippen LogP contribution in [0.1, 0.15) is 31.9 Å². The molecule has 0 aliphatic rings. The number of nitriles is 1. The van der Waals surface area contributed by atoms with Gasteiger partial charge in [0, 0.05) is 10.7 Å². The molecule has 0 aromatic heterocycles. The van der Waals surface area contributed by atoms with Gasteiger partial charge >= 0.3 is 0 Å². The number of hydrogen-bond acceptors (Lipinski definition) is 4. The van der Waals surface area contributed by atoms with Crippen LogP contribution < -0.4 is 14.8 Å². The molecule has 0 saturated carbocycles. The summed E-state index contributed by atoms with van der Waals surface area (Å²) in [6, 6.07) is 10.6. The number of carbonyl (C=O) groups excluding carboxylic acids is 1. The number of halogens is 2. The third-order valence-electron chi connectivity index (χ3n) is 3.81. The Morgan fingerprint density at radius 1 is 1.34 bits per heavy atom. The molecule has 0 fully saturated rings. The van der Waals surface area contributed by atoms with E-state index in [4.69, 9.17) is 21.1 Å². The summed E-state index contributed by atoms with van der Waals surface area (Å²) in [5.74, 6) is 0.594. The molecule has 0 aliphatic carbocycles. The second-order valence-electron chi connectivity index (χ2n) is 6.51. The quantitative estimate of drug-likeness (QED) is 0.384. The van der Waals surface area contributed by atoms with E-state index >= 15 is 0 Å². The molecule has 0 saturated heterocycles. The third-order valence-corrected chi connectivity index (χ3v) is 4.63. The van der Waals surface area contributed by atoms with Crippen LogP contribution in [0, 0.1) is 18.3 Å². The summed E-state index contributed by atoms with van der Waals surface area (Å²) in [5.41, 5.74) is 1.99. The van der Waals surface area contributed by atoms with Gasteiger partial charge in [-0.3, -0.25) is 4.79 Å². The molecular weight excluding hydrogens is 456 g/mol. The van der Waals surface area contributed by atoms with Crippen molar-refractivity contribution in [3.8, 4) is 17.6 Å². The average molecular weight is 478 g/mol. The van der Waals surface area contributed by atoms with Crippen LogP contribution in [0.4, 0.5) is 5.69 Å². The van der Waals surface area contributed by atoms with E-state index in [-0.39, 0.29) is 11.7 Å². The third kappa shape index (κ3) is 6.25. The molecule has 0 unspecified atom stereocenters. The largest absolute Gasteiger partial charge is 0.490 e. The summed E-state index contributed by atoms with van der Waals surface area (Å²) in [4.78, 5) is 12.6. The highest BCUT2D eigenvalue weighted by atomic mass is 79.9. The Bertz CT molecular complexity index is 981. The highest BCUT2D eigenvalue weighted by molar-refractivity contribution is 9.10. The second kappa shape index (κ2) is 10.3. The minimum Gasteiger partial charge on any atom is -0.490 e. The van der Waals surface area contributed by atoms with Crippen LogP contribution in [0.5, 0.6) is 11.5 Å². The lowest BCUT2D eigenvalue weighted by atomic mass is 10.1. The lowest BCUT2D eigenvalue weighted by Gasteiger charge is -2.17. The van der Waals surface area contributed by atoms with Crippen molar-refractivity contribution >= 4 is 45.2 Å². The predicted molar refractivity (Wildman–Crippen MR) is 119 cm³/mol. The van der Waals surface area contributed by atoms with Crippen LogP contribution in [-0.2, 0) is 4.79 Å². The molecule has 5 nitrogen and oxygen atoms in total. The molecule has 29 heavy (non-hydrogen) atoms. The number of amides is 1. The maximum atomic E-state index is 12.6. The fraction of sp³-hybridized carbons (Fsp3) is 0.273. The minimum absolute atomic E-state index is 0.0340. The van der Waals surface area contributed by atoms with Crippen LogP contribution in [0.2, 0.25) is 5.02 Å². The molecule has 0 atom stereocenters. The van der Waals surface area contributed by atoms with E-state index in [9.17, 15) is 10.1 Å². The summed E-state index contributed by atoms with van der Waals surface area (Å²) in [7, 11) is 0. The highest BCUT2D eigenvalue weighted by Gasteiger charge is 2.16. The van der Waals surface area contributed by atoms with Crippen LogP contribution in [0.15, 0.2) is 40.4 Å². The monoisotopic (exact) mass is 476 g/mol. The Labute approximate surface area is 184 Å². The van der Waals surface area contributed by atoms with E-state index in [1.54, 1.807) is 30.3 Å². The SMILES string of the molecule is CCOc1cc(C=C(C#N)C(=O)Nc2cc(Cl)ccc2C)cc(Br)c1OC(C)C. The molecule has 7 heteroatoms. The molecular formula is C22H22BrClN2O3. The fourth-order valence-corrected chi connectivity index (χ4v) is 3.24. The number of aryl methyl sites for hydroxylation is 1. The molecule has 1 N–H and O–H groups in total. The normalized spacial score (nSPS) is 11.2. The Morgan fingerprint density at radius 2 is 2.07 bits per heavy atom. The molecule has 1 amide bonds. The smallest absolute Gasteiger partial charge is 0.266 e. The van der Waals surface area contributed by atoms with Gasteiger partial charge in [-0.25, -0.2) is 0 Å². The van der Waals surface area contributed by atoms with Crippen molar-refractivity contribution in [3.05, 3.63) is 56.5 Å². The van der Waals surface area contributed by atoms with E-state index in [1.807, 2.05) is 33.8 Å². The van der Waals surface area contributed by atoms with Crippen molar-refractivity contribution in [1.82, 2.24) is 0 Å². The molecule has 0 aliphatic heterocycles. The molecule has 2 rings (SSSR count). The van der Waals surface area contributed by atoms with E-state index in [1.165, 1.54) is 6.08 Å². The van der Waals surface area contributed by atoms with E-state index in [0.29, 0.717) is 38.9 Å². The van der Waals surface area contributed by atoms with E-state index < -0.39 is 5.91 Å². The molecule has 0 heterocycles. The number of nitrogens with one attached hydrogen (secondary N) is 1. The Hall–Kier alpha value is -2.49. The van der Waals surface area contributed by atoms with Gasteiger partial charge in [0.05, 0.1) is 17.2 Å². The van der Waals surface area contributed by atoms with Crippen molar-refractivity contribution in [2.24, 2.45) is 0 Å². The van der Waals surface area contributed by atoms with Crippen molar-refractivity contribution in [2.75, 3.05) is 11.9 Å². The number of nitrogens with zero attached hydrogens (tertiary/aromatic N) is 1. The summed E-state index contributed by atoms with van der Waals surface area (Å²) in [5, 5.41) is 12.7. The van der Waals surface area contributed by atoms with Gasteiger partial charge in [0.2, 0.25) is 0 Å². The maximum absolute atomic E-state index is 12.6. The van der Waals surface area contributed by atoms with Gasteiger partial charge in [0.15, 0.2) is 11.5 Å². The van der Waals surface area contributed by atoms with Crippen molar-refractivity contribution in [1.29, 1.82) is 5.26 Å². The van der Waals surface area contributed by atoms with Gasteiger partial charge in [-0.1, -0.05) is 17.7 Å². The van der Waals surface area contributed by atoms with Gasteiger partial charge in [-0.2, -0.15) is 5.26 Å². The van der Waals surface area contributed by atoms with Gasteiger partial charge in [0.25, 0.3) is 5.91 Å².